The van der Waals surface area contributed by atoms with Crippen molar-refractivity contribution in [2.24, 2.45) is 11.3 Å². The normalized spacial score (nSPS) is 37.1. The highest BCUT2D eigenvalue weighted by Crippen LogP contribution is 2.35. The molecule has 1 saturated heterocycles. The first kappa shape index (κ1) is 11.1. The van der Waals surface area contributed by atoms with Crippen LogP contribution in [0.1, 0.15) is 46.5 Å². The van der Waals surface area contributed by atoms with Crippen molar-refractivity contribution in [1.29, 1.82) is 0 Å². The Bertz CT molecular complexity index is 259. The van der Waals surface area contributed by atoms with E-state index in [9.17, 15) is 4.79 Å². The molecule has 2 fully saturated rings. The van der Waals surface area contributed by atoms with E-state index in [0.717, 1.165) is 19.3 Å². The van der Waals surface area contributed by atoms with Crippen LogP contribution in [-0.2, 0) is 4.79 Å². The number of ketones is 1. The molecule has 1 aliphatic carbocycles. The molecule has 0 N–H and O–H groups in total. The van der Waals surface area contributed by atoms with Gasteiger partial charge in [0, 0.05) is 25.4 Å². The van der Waals surface area contributed by atoms with Crippen molar-refractivity contribution in [3.05, 3.63) is 0 Å². The van der Waals surface area contributed by atoms with E-state index < -0.39 is 0 Å². The van der Waals surface area contributed by atoms with Crippen LogP contribution in [0.4, 0.5) is 0 Å². The van der Waals surface area contributed by atoms with E-state index in [-0.39, 0.29) is 0 Å². The van der Waals surface area contributed by atoms with Crippen molar-refractivity contribution >= 4 is 5.78 Å². The van der Waals surface area contributed by atoms with Gasteiger partial charge in [-0.15, -0.1) is 0 Å². The van der Waals surface area contributed by atoms with Crippen molar-refractivity contribution in [3.63, 3.8) is 0 Å². The van der Waals surface area contributed by atoms with Gasteiger partial charge in [0.2, 0.25) is 0 Å². The van der Waals surface area contributed by atoms with E-state index in [1.165, 1.54) is 19.5 Å². The van der Waals surface area contributed by atoms with Crippen LogP contribution in [0.2, 0.25) is 0 Å². The number of nitrogens with zero attached hydrogens (tertiary/aromatic N) is 1. The predicted molar refractivity (Wildman–Crippen MR) is 61.8 cm³/mol. The molecule has 2 unspecified atom stereocenters. The first-order valence-corrected chi connectivity index (χ1v) is 6.24. The van der Waals surface area contributed by atoms with Crippen molar-refractivity contribution in [2.75, 3.05) is 13.1 Å². The van der Waals surface area contributed by atoms with Gasteiger partial charge >= 0.3 is 0 Å². The largest absolute Gasteiger partial charge is 0.300 e. The quantitative estimate of drug-likeness (QED) is 0.661. The molecule has 2 rings (SSSR count). The molecule has 2 nitrogen and oxygen atoms in total. The Labute approximate surface area is 93.0 Å². The molecular weight excluding hydrogens is 186 g/mol. The van der Waals surface area contributed by atoms with Gasteiger partial charge in [-0.05, 0) is 30.7 Å². The zero-order valence-corrected chi connectivity index (χ0v) is 10.3. The van der Waals surface area contributed by atoms with Crippen LogP contribution in [0, 0.1) is 11.3 Å². The molecule has 15 heavy (non-hydrogen) atoms. The second-order valence-electron chi connectivity index (χ2n) is 6.21. The maximum Gasteiger partial charge on any atom is 0.134 e. The number of rotatable bonds is 1. The average molecular weight is 209 g/mol. The van der Waals surface area contributed by atoms with Gasteiger partial charge in [-0.1, -0.05) is 20.8 Å². The number of carbonyl (C=O) groups excluding carboxylic acids is 1. The van der Waals surface area contributed by atoms with Crippen molar-refractivity contribution in [3.8, 4) is 0 Å². The maximum atomic E-state index is 11.5. The Morgan fingerprint density at radius 1 is 1.40 bits per heavy atom. The van der Waals surface area contributed by atoms with Crippen LogP contribution in [-0.4, -0.2) is 29.8 Å². The van der Waals surface area contributed by atoms with Crippen LogP contribution in [0.3, 0.4) is 0 Å². The van der Waals surface area contributed by atoms with E-state index in [1.54, 1.807) is 0 Å². The summed E-state index contributed by atoms with van der Waals surface area (Å²) in [6.45, 7) is 9.34. The smallest absolute Gasteiger partial charge is 0.134 e. The van der Waals surface area contributed by atoms with Gasteiger partial charge in [-0.25, -0.2) is 0 Å². The lowest BCUT2D eigenvalue weighted by Gasteiger charge is -2.36. The molecule has 1 heterocycles. The van der Waals surface area contributed by atoms with Crippen LogP contribution < -0.4 is 0 Å². The second-order valence-corrected chi connectivity index (χ2v) is 6.21. The van der Waals surface area contributed by atoms with Crippen molar-refractivity contribution in [2.45, 2.75) is 52.5 Å². The van der Waals surface area contributed by atoms with Gasteiger partial charge in [0.1, 0.15) is 5.78 Å². The predicted octanol–water partition coefficient (Wildman–Crippen LogP) is 2.48. The highest BCUT2D eigenvalue weighted by atomic mass is 16.1. The number of carbonyl (C=O) groups is 1. The molecule has 1 aliphatic heterocycles. The summed E-state index contributed by atoms with van der Waals surface area (Å²) in [6, 6.07) is 0.535. The minimum atomic E-state index is 0.459. The average Bonchev–Trinajstić information content (AvgIpc) is 2.50. The summed E-state index contributed by atoms with van der Waals surface area (Å²) in [6.07, 6.45) is 4.00. The zero-order chi connectivity index (χ0) is 11.1. The van der Waals surface area contributed by atoms with Gasteiger partial charge in [-0.3, -0.25) is 9.69 Å². The summed E-state index contributed by atoms with van der Waals surface area (Å²) in [5.41, 5.74) is 0.459. The molecule has 86 valence electrons. The SMILES string of the molecule is CC1CCC(=O)CC1N1CCC(C)(C)C1. The molecule has 0 spiro atoms. The van der Waals surface area contributed by atoms with E-state index >= 15 is 0 Å². The lowest BCUT2D eigenvalue weighted by atomic mass is 9.84. The summed E-state index contributed by atoms with van der Waals surface area (Å²) in [7, 11) is 0. The highest BCUT2D eigenvalue weighted by Gasteiger charge is 2.37. The molecule has 2 atom stereocenters. The third-order valence-corrected chi connectivity index (χ3v) is 4.15. The van der Waals surface area contributed by atoms with Crippen LogP contribution in [0.5, 0.6) is 0 Å². The van der Waals surface area contributed by atoms with Gasteiger partial charge < -0.3 is 0 Å². The molecule has 1 saturated carbocycles. The summed E-state index contributed by atoms with van der Waals surface area (Å²) in [5, 5.41) is 0. The minimum absolute atomic E-state index is 0.459. The molecule has 0 bridgehead atoms. The first-order chi connectivity index (χ1) is 6.98. The van der Waals surface area contributed by atoms with E-state index in [4.69, 9.17) is 0 Å². The molecule has 0 aromatic carbocycles. The number of Topliss-reactive ketones (excluding diaryl/α,β-unsaturated/α-hetero) is 1. The van der Waals surface area contributed by atoms with Gasteiger partial charge in [-0.2, -0.15) is 0 Å². The molecule has 0 radical (unpaired) electrons. The lowest BCUT2D eigenvalue weighted by Crippen LogP contribution is -2.43. The van der Waals surface area contributed by atoms with Gasteiger partial charge in [0.25, 0.3) is 0 Å². The van der Waals surface area contributed by atoms with Gasteiger partial charge in [0.15, 0.2) is 0 Å². The molecule has 0 amide bonds. The van der Waals surface area contributed by atoms with Crippen molar-refractivity contribution in [1.82, 2.24) is 4.90 Å². The third-order valence-electron chi connectivity index (χ3n) is 4.15. The van der Waals surface area contributed by atoms with E-state index in [2.05, 4.69) is 25.7 Å². The fraction of sp³-hybridized carbons (Fsp3) is 0.923. The standard InChI is InChI=1S/C13H23NO/c1-10-4-5-11(15)8-12(10)14-7-6-13(2,3)9-14/h10,12H,4-9H2,1-3H3. The Morgan fingerprint density at radius 2 is 2.13 bits per heavy atom. The summed E-state index contributed by atoms with van der Waals surface area (Å²) in [5.74, 6) is 1.18. The topological polar surface area (TPSA) is 20.3 Å². The Morgan fingerprint density at radius 3 is 2.73 bits per heavy atom. The molecule has 2 heteroatoms. The summed E-state index contributed by atoms with van der Waals surface area (Å²) < 4.78 is 0. The number of hydrogen-bond donors (Lipinski definition) is 0. The number of likely N-dealkylation sites (tertiary alicyclic amines) is 1. The number of hydrogen-bond acceptors (Lipinski definition) is 2. The summed E-state index contributed by atoms with van der Waals surface area (Å²) in [4.78, 5) is 14.1. The lowest BCUT2D eigenvalue weighted by molar-refractivity contribution is -0.123. The van der Waals surface area contributed by atoms with E-state index in [0.29, 0.717) is 23.2 Å². The second kappa shape index (κ2) is 3.89. The minimum Gasteiger partial charge on any atom is -0.300 e. The molecular formula is C13H23NO. The van der Waals surface area contributed by atoms with Gasteiger partial charge in [0.05, 0.1) is 0 Å². The Hall–Kier alpha value is -0.370. The molecule has 0 aromatic rings. The highest BCUT2D eigenvalue weighted by molar-refractivity contribution is 5.79. The fourth-order valence-corrected chi connectivity index (χ4v) is 3.04. The zero-order valence-electron chi connectivity index (χ0n) is 10.3. The van der Waals surface area contributed by atoms with E-state index in [1.807, 2.05) is 0 Å². The van der Waals surface area contributed by atoms with Crippen LogP contribution >= 0.6 is 0 Å². The van der Waals surface area contributed by atoms with Crippen LogP contribution in [0.15, 0.2) is 0 Å². The first-order valence-electron chi connectivity index (χ1n) is 6.24. The third kappa shape index (κ3) is 2.41. The van der Waals surface area contributed by atoms with Crippen molar-refractivity contribution < 1.29 is 4.79 Å². The molecule has 2 aliphatic rings. The Kier molecular flexibility index (Phi) is 2.89. The summed E-state index contributed by atoms with van der Waals surface area (Å²) >= 11 is 0. The fourth-order valence-electron chi connectivity index (χ4n) is 3.04. The Balaban J connectivity index is 2.00. The maximum absolute atomic E-state index is 11.5. The molecule has 0 aromatic heterocycles. The van der Waals surface area contributed by atoms with Crippen LogP contribution in [0.25, 0.3) is 0 Å². The monoisotopic (exact) mass is 209 g/mol.